The Bertz CT molecular complexity index is 1080. The van der Waals surface area contributed by atoms with E-state index >= 15 is 0 Å². The molecule has 0 N–H and O–H groups in total. The smallest absolute Gasteiger partial charge is 0.258 e. The molecule has 21 heavy (non-hydrogen) atoms. The van der Waals surface area contributed by atoms with E-state index in [1.165, 1.54) is 11.3 Å². The van der Waals surface area contributed by atoms with Gasteiger partial charge in [0, 0.05) is 21.0 Å². The van der Waals surface area contributed by atoms with Crippen molar-refractivity contribution in [2.75, 3.05) is 0 Å². The first-order chi connectivity index (χ1) is 10.6. The Morgan fingerprint density at radius 3 is 2.52 bits per heavy atom. The molecule has 4 heteroatoms. The van der Waals surface area contributed by atoms with E-state index in [1.54, 1.807) is 19.1 Å². The van der Waals surface area contributed by atoms with Gasteiger partial charge in [0.1, 0.15) is 0 Å². The van der Waals surface area contributed by atoms with Gasteiger partial charge in [-0.25, -0.2) is 0 Å². The van der Waals surface area contributed by atoms with Crippen molar-refractivity contribution in [2.45, 2.75) is 6.92 Å². The van der Waals surface area contributed by atoms with Gasteiger partial charge in [-0.1, -0.05) is 42.5 Å². The minimum atomic E-state index is -0.299. The van der Waals surface area contributed by atoms with Gasteiger partial charge in [-0.2, -0.15) is 0 Å². The van der Waals surface area contributed by atoms with Crippen molar-refractivity contribution in [1.82, 2.24) is 0 Å². The maximum absolute atomic E-state index is 11.7. The summed E-state index contributed by atoms with van der Waals surface area (Å²) < 4.78 is 9.77. The van der Waals surface area contributed by atoms with Crippen LogP contribution in [0, 0.1) is 17.0 Å². The molecule has 4 rings (SSSR count). The van der Waals surface area contributed by atoms with Crippen LogP contribution in [-0.4, -0.2) is 4.92 Å². The number of hydrogen-bond acceptors (Lipinski definition) is 3. The molecule has 0 amide bonds. The molecular formula is C17H11NO2S. The van der Waals surface area contributed by atoms with E-state index in [2.05, 4.69) is 0 Å². The predicted molar refractivity (Wildman–Crippen MR) is 88.2 cm³/mol. The molecule has 4 aromatic rings. The molecule has 0 aliphatic rings. The molecule has 0 saturated heterocycles. The van der Waals surface area contributed by atoms with Gasteiger partial charge in [0.25, 0.3) is 5.69 Å². The van der Waals surface area contributed by atoms with Gasteiger partial charge in [-0.3, -0.25) is 10.1 Å². The van der Waals surface area contributed by atoms with Gasteiger partial charge in [-0.15, -0.1) is 11.3 Å². The highest BCUT2D eigenvalue weighted by atomic mass is 32.1. The normalized spacial score (nSPS) is 12.1. The lowest BCUT2D eigenvalue weighted by Gasteiger charge is -2.06. The molecule has 1 aromatic heterocycles. The molecule has 0 atom stereocenters. The Morgan fingerprint density at radius 2 is 1.76 bits per heavy atom. The van der Waals surface area contributed by atoms with Crippen LogP contribution in [0.15, 0.2) is 48.5 Å². The lowest BCUT2D eigenvalue weighted by atomic mass is 9.99. The summed E-state index contributed by atoms with van der Waals surface area (Å²) in [6.45, 7) is 1.80. The SMILES string of the molecule is [2H]c1cccc2c1sc1c3ccccc3c(C)c([N+](=O)[O-])c21. The molecule has 0 radical (unpaired) electrons. The third kappa shape index (κ3) is 1.59. The van der Waals surface area contributed by atoms with Crippen LogP contribution in [0.4, 0.5) is 5.69 Å². The molecule has 0 aliphatic heterocycles. The fraction of sp³-hybridized carbons (Fsp3) is 0.0588. The van der Waals surface area contributed by atoms with Crippen molar-refractivity contribution in [3.8, 4) is 0 Å². The van der Waals surface area contributed by atoms with E-state index in [-0.39, 0.29) is 10.6 Å². The van der Waals surface area contributed by atoms with E-state index in [0.717, 1.165) is 25.6 Å². The number of hydrogen-bond donors (Lipinski definition) is 0. The maximum atomic E-state index is 11.7. The summed E-state index contributed by atoms with van der Waals surface area (Å²) in [5.41, 5.74) is 0.841. The third-order valence-electron chi connectivity index (χ3n) is 3.87. The van der Waals surface area contributed by atoms with Crippen LogP contribution in [0.5, 0.6) is 0 Å². The first-order valence-corrected chi connectivity index (χ1v) is 7.38. The molecular weight excluding hydrogens is 282 g/mol. The summed E-state index contributed by atoms with van der Waals surface area (Å²) in [7, 11) is 0. The van der Waals surface area contributed by atoms with E-state index in [0.29, 0.717) is 17.0 Å². The summed E-state index contributed by atoms with van der Waals surface area (Å²) in [6, 6.07) is 13.5. The fourth-order valence-electron chi connectivity index (χ4n) is 2.95. The number of nitro groups is 1. The van der Waals surface area contributed by atoms with Crippen molar-refractivity contribution in [1.29, 1.82) is 0 Å². The zero-order valence-corrected chi connectivity index (χ0v) is 12.0. The minimum Gasteiger partial charge on any atom is -0.258 e. The van der Waals surface area contributed by atoms with E-state index in [4.69, 9.17) is 1.37 Å². The number of rotatable bonds is 1. The molecule has 1 heterocycles. The van der Waals surface area contributed by atoms with Gasteiger partial charge in [0.2, 0.25) is 0 Å². The predicted octanol–water partition coefficient (Wildman–Crippen LogP) is 5.42. The van der Waals surface area contributed by atoms with Gasteiger partial charge in [-0.05, 0) is 18.4 Å². The fourth-order valence-corrected chi connectivity index (χ4v) is 4.16. The van der Waals surface area contributed by atoms with Gasteiger partial charge in [0.15, 0.2) is 0 Å². The second kappa shape index (κ2) is 4.27. The first kappa shape index (κ1) is 11.2. The number of nitrogens with zero attached hydrogens (tertiary/aromatic N) is 1. The van der Waals surface area contributed by atoms with Crippen LogP contribution < -0.4 is 0 Å². The molecule has 3 aromatic carbocycles. The molecule has 0 unspecified atom stereocenters. The minimum absolute atomic E-state index is 0.158. The second-order valence-corrected chi connectivity index (χ2v) is 6.02. The second-order valence-electron chi connectivity index (χ2n) is 5.00. The van der Waals surface area contributed by atoms with Crippen LogP contribution in [0.25, 0.3) is 30.9 Å². The highest BCUT2D eigenvalue weighted by molar-refractivity contribution is 7.26. The molecule has 0 fully saturated rings. The lowest BCUT2D eigenvalue weighted by Crippen LogP contribution is -1.94. The van der Waals surface area contributed by atoms with Gasteiger partial charge < -0.3 is 0 Å². The molecule has 0 aliphatic carbocycles. The lowest BCUT2D eigenvalue weighted by molar-refractivity contribution is -0.383. The first-order valence-electron chi connectivity index (χ1n) is 7.07. The largest absolute Gasteiger partial charge is 0.282 e. The average molecular weight is 294 g/mol. The molecule has 102 valence electrons. The topological polar surface area (TPSA) is 43.1 Å². The van der Waals surface area contributed by atoms with Crippen molar-refractivity contribution in [2.24, 2.45) is 0 Å². The van der Waals surface area contributed by atoms with Crippen LogP contribution in [0.1, 0.15) is 6.93 Å². The standard InChI is InChI=1S/C17H11NO2S/c1-10-11-6-2-3-7-12(11)17-15(16(10)18(19)20)13-8-4-5-9-14(13)21-17/h2-9H,1H3/i9D. The number of fused-ring (bicyclic) bond motifs is 5. The van der Waals surface area contributed by atoms with Crippen LogP contribution in [0.3, 0.4) is 0 Å². The Kier molecular flexibility index (Phi) is 2.28. The van der Waals surface area contributed by atoms with Crippen molar-refractivity contribution in [3.63, 3.8) is 0 Å². The zero-order valence-electron chi connectivity index (χ0n) is 12.2. The average Bonchev–Trinajstić information content (AvgIpc) is 2.88. The Balaban J connectivity index is 2.42. The number of thiophene rings is 1. The summed E-state index contributed by atoms with van der Waals surface area (Å²) >= 11 is 1.47. The highest BCUT2D eigenvalue weighted by Crippen LogP contribution is 2.45. The van der Waals surface area contributed by atoms with Crippen LogP contribution in [0.2, 0.25) is 0 Å². The van der Waals surface area contributed by atoms with E-state index in [9.17, 15) is 10.1 Å². The summed E-state index contributed by atoms with van der Waals surface area (Å²) in [4.78, 5) is 11.4. The van der Waals surface area contributed by atoms with Gasteiger partial charge >= 0.3 is 0 Å². The highest BCUT2D eigenvalue weighted by Gasteiger charge is 2.23. The van der Waals surface area contributed by atoms with Crippen molar-refractivity contribution in [3.05, 3.63) is 64.2 Å². The molecule has 0 spiro atoms. The molecule has 0 bridgehead atoms. The van der Waals surface area contributed by atoms with E-state index in [1.807, 2.05) is 30.3 Å². The zero-order chi connectivity index (χ0) is 15.4. The number of aryl methyl sites for hydroxylation is 1. The monoisotopic (exact) mass is 294 g/mol. The summed E-state index contributed by atoms with van der Waals surface area (Å²) in [5, 5.41) is 15.0. The molecule has 0 saturated carbocycles. The van der Waals surface area contributed by atoms with E-state index < -0.39 is 0 Å². The Labute approximate surface area is 126 Å². The Morgan fingerprint density at radius 1 is 1.10 bits per heavy atom. The number of benzene rings is 3. The summed E-state index contributed by atoms with van der Waals surface area (Å²) in [6.07, 6.45) is 0. The van der Waals surface area contributed by atoms with Crippen LogP contribution >= 0.6 is 11.3 Å². The van der Waals surface area contributed by atoms with Crippen LogP contribution in [-0.2, 0) is 0 Å². The Hall–Kier alpha value is -2.46. The summed E-state index contributed by atoms with van der Waals surface area (Å²) in [5.74, 6) is 0. The third-order valence-corrected chi connectivity index (χ3v) is 5.04. The molecule has 3 nitrogen and oxygen atoms in total. The van der Waals surface area contributed by atoms with Gasteiger partial charge in [0.05, 0.1) is 16.4 Å². The quantitative estimate of drug-likeness (QED) is 0.347. The number of nitro benzene ring substituents is 1. The van der Waals surface area contributed by atoms with Crippen molar-refractivity contribution >= 4 is 48.0 Å². The maximum Gasteiger partial charge on any atom is 0.282 e. The van der Waals surface area contributed by atoms with Crippen molar-refractivity contribution < 1.29 is 6.29 Å².